The van der Waals surface area contributed by atoms with Crippen molar-refractivity contribution in [1.82, 2.24) is 0 Å². The zero-order valence-corrected chi connectivity index (χ0v) is 9.44. The third-order valence-corrected chi connectivity index (χ3v) is 3.42. The molecule has 0 spiro atoms. The van der Waals surface area contributed by atoms with Crippen molar-refractivity contribution in [3.05, 3.63) is 29.3 Å². The van der Waals surface area contributed by atoms with Crippen molar-refractivity contribution >= 4 is 10.0 Å². The van der Waals surface area contributed by atoms with E-state index in [2.05, 4.69) is 54.0 Å². The molecule has 0 bridgehead atoms. The molecule has 1 heterocycles. The molecule has 0 saturated heterocycles. The quantitative estimate of drug-likeness (QED) is 0.633. The van der Waals surface area contributed by atoms with E-state index < -0.39 is 0 Å². The Bertz CT molecular complexity index is 357. The molecule has 0 fully saturated rings. The molecule has 67 valence electrons. The molecule has 0 aromatic heterocycles. The van der Waals surface area contributed by atoms with Gasteiger partial charge >= 0.3 is 88.1 Å². The zero-order valence-electron chi connectivity index (χ0n) is 8.04. The van der Waals surface area contributed by atoms with Crippen LogP contribution in [0.15, 0.2) is 18.2 Å². The standard InChI is InChI=1S/C11H13N.V/c1-9-5-6-11-10(8-9)4-3-7-12(11)2;/h5-6,8H,3-4H2,1-2H3;. The van der Waals surface area contributed by atoms with Crippen molar-refractivity contribution in [2.24, 2.45) is 0 Å². The fraction of sp³-hybridized carbons (Fsp3) is 0.364. The van der Waals surface area contributed by atoms with Gasteiger partial charge in [-0.25, -0.2) is 0 Å². The van der Waals surface area contributed by atoms with E-state index in [9.17, 15) is 0 Å². The van der Waals surface area contributed by atoms with E-state index >= 15 is 0 Å². The van der Waals surface area contributed by atoms with E-state index in [1.165, 1.54) is 34.0 Å². The van der Waals surface area contributed by atoms with Gasteiger partial charge in [-0.1, -0.05) is 0 Å². The van der Waals surface area contributed by atoms with Gasteiger partial charge in [-0.2, -0.15) is 0 Å². The van der Waals surface area contributed by atoms with Crippen LogP contribution in [-0.4, -0.2) is 11.4 Å². The van der Waals surface area contributed by atoms with Crippen molar-refractivity contribution in [1.29, 1.82) is 0 Å². The molecule has 0 atom stereocenters. The van der Waals surface area contributed by atoms with E-state index in [-0.39, 0.29) is 0 Å². The summed E-state index contributed by atoms with van der Waals surface area (Å²) in [4.78, 5) is 2.28. The Balaban J connectivity index is 2.49. The van der Waals surface area contributed by atoms with Crippen LogP contribution in [0.3, 0.4) is 0 Å². The number of benzene rings is 1. The van der Waals surface area contributed by atoms with Gasteiger partial charge in [-0.15, -0.1) is 0 Å². The average Bonchev–Trinajstić information content (AvgIpc) is 2.12. The van der Waals surface area contributed by atoms with Crippen LogP contribution in [0, 0.1) is 6.92 Å². The fourth-order valence-corrected chi connectivity index (χ4v) is 2.14. The summed E-state index contributed by atoms with van der Waals surface area (Å²) in [6.07, 6.45) is 2.36. The number of nitrogens with zero attached hydrogens (tertiary/aromatic N) is 1. The molecule has 0 N–H and O–H groups in total. The predicted octanol–water partition coefficient (Wildman–Crippen LogP) is 2.05. The zero-order chi connectivity index (χ0) is 9.42. The first kappa shape index (κ1) is 9.05. The van der Waals surface area contributed by atoms with E-state index in [1.54, 1.807) is 0 Å². The minimum atomic E-state index is 1.17. The van der Waals surface area contributed by atoms with Gasteiger partial charge in [0.25, 0.3) is 0 Å². The average molecular weight is 210 g/mol. The molecule has 2 rings (SSSR count). The third kappa shape index (κ3) is 1.59. The molecule has 1 aliphatic rings. The molecule has 0 aliphatic carbocycles. The molecule has 1 aromatic rings. The van der Waals surface area contributed by atoms with Crippen molar-refractivity contribution in [2.75, 3.05) is 11.9 Å². The topological polar surface area (TPSA) is 3.24 Å². The van der Waals surface area contributed by atoms with Crippen LogP contribution >= 0.6 is 0 Å². The first-order chi connectivity index (χ1) is 6.18. The second-order valence-corrected chi connectivity index (χ2v) is 4.41. The Hall–Kier alpha value is -0.526. The molecule has 2 heteroatoms. The minimum absolute atomic E-state index is 1.17. The molecule has 0 saturated carbocycles. The van der Waals surface area contributed by atoms with E-state index in [1.807, 2.05) is 0 Å². The Morgan fingerprint density at radius 3 is 2.85 bits per heavy atom. The maximum absolute atomic E-state index is 2.67. The summed E-state index contributed by atoms with van der Waals surface area (Å²) in [5, 5.41) is 0. The summed E-state index contributed by atoms with van der Waals surface area (Å²) in [5.74, 6) is 0. The number of rotatable bonds is 0. The van der Waals surface area contributed by atoms with Crippen LogP contribution < -0.4 is 4.90 Å². The van der Waals surface area contributed by atoms with Crippen molar-refractivity contribution in [3.63, 3.8) is 0 Å². The van der Waals surface area contributed by atoms with Gasteiger partial charge in [-0.3, -0.25) is 0 Å². The summed E-state index contributed by atoms with van der Waals surface area (Å²) in [5.41, 5.74) is 4.21. The van der Waals surface area contributed by atoms with Gasteiger partial charge in [0.2, 0.25) is 0 Å². The summed E-state index contributed by atoms with van der Waals surface area (Å²) in [6.45, 7) is 2.15. The summed E-state index contributed by atoms with van der Waals surface area (Å²) < 4.78 is 1.41. The Morgan fingerprint density at radius 1 is 1.31 bits per heavy atom. The summed E-state index contributed by atoms with van der Waals surface area (Å²) >= 11 is 2.67. The maximum atomic E-state index is 2.67. The predicted molar refractivity (Wildman–Crippen MR) is 52.9 cm³/mol. The van der Waals surface area contributed by atoms with Crippen LogP contribution in [-0.2, 0) is 23.4 Å². The van der Waals surface area contributed by atoms with Crippen LogP contribution in [0.2, 0.25) is 0 Å². The Kier molecular flexibility index (Phi) is 2.31. The van der Waals surface area contributed by atoms with E-state index in [0.717, 1.165) is 0 Å². The molecule has 0 radical (unpaired) electrons. The van der Waals surface area contributed by atoms with Gasteiger partial charge in [0, 0.05) is 0 Å². The normalized spacial score (nSPS) is 15.8. The van der Waals surface area contributed by atoms with Gasteiger partial charge in [-0.05, 0) is 0 Å². The first-order valence-electron chi connectivity index (χ1n) is 4.56. The molecule has 0 unspecified atom stereocenters. The fourth-order valence-electron chi connectivity index (χ4n) is 1.79. The van der Waals surface area contributed by atoms with Crippen molar-refractivity contribution in [2.45, 2.75) is 19.8 Å². The Morgan fingerprint density at radius 2 is 2.08 bits per heavy atom. The van der Waals surface area contributed by atoms with Crippen molar-refractivity contribution < 1.29 is 17.0 Å². The number of aryl methyl sites for hydroxylation is 2. The monoisotopic (exact) mass is 210 g/mol. The van der Waals surface area contributed by atoms with Gasteiger partial charge in [0.05, 0.1) is 0 Å². The van der Waals surface area contributed by atoms with Crippen LogP contribution in [0.1, 0.15) is 17.5 Å². The second kappa shape index (κ2) is 3.32. The van der Waals surface area contributed by atoms with Crippen LogP contribution in [0.5, 0.6) is 0 Å². The molecular weight excluding hydrogens is 197 g/mol. The number of hydrogen-bond acceptors (Lipinski definition) is 1. The van der Waals surface area contributed by atoms with Gasteiger partial charge in [0.15, 0.2) is 0 Å². The Labute approximate surface area is 88.2 Å². The third-order valence-electron chi connectivity index (χ3n) is 2.60. The summed E-state index contributed by atoms with van der Waals surface area (Å²) in [7, 11) is 2.14. The molecule has 1 nitrogen and oxygen atoms in total. The molecular formula is C11H13NV. The number of anilines is 1. The number of hydrogen-bond donors (Lipinski definition) is 0. The van der Waals surface area contributed by atoms with Gasteiger partial charge in [0.1, 0.15) is 0 Å². The second-order valence-electron chi connectivity index (χ2n) is 3.61. The van der Waals surface area contributed by atoms with E-state index in [4.69, 9.17) is 0 Å². The van der Waals surface area contributed by atoms with Crippen molar-refractivity contribution in [3.8, 4) is 0 Å². The summed E-state index contributed by atoms with van der Waals surface area (Å²) in [6, 6.07) is 6.70. The molecule has 1 aromatic carbocycles. The molecule has 0 amide bonds. The SMILES string of the molecule is Cc1ccc2c(c1)CC[C](=[V])N2C. The number of fused-ring (bicyclic) bond motifs is 1. The molecule has 1 aliphatic heterocycles. The van der Waals surface area contributed by atoms with Crippen LogP contribution in [0.25, 0.3) is 0 Å². The van der Waals surface area contributed by atoms with E-state index in [0.29, 0.717) is 0 Å². The van der Waals surface area contributed by atoms with Crippen LogP contribution in [0.4, 0.5) is 5.69 Å². The van der Waals surface area contributed by atoms with Gasteiger partial charge < -0.3 is 0 Å². The molecule has 13 heavy (non-hydrogen) atoms. The first-order valence-corrected chi connectivity index (χ1v) is 5.26.